The zero-order valence-corrected chi connectivity index (χ0v) is 17.9. The van der Waals surface area contributed by atoms with Crippen LogP contribution in [0, 0.1) is 17.5 Å². The van der Waals surface area contributed by atoms with Crippen LogP contribution in [-0.2, 0) is 0 Å². The second-order valence-electron chi connectivity index (χ2n) is 6.74. The van der Waals surface area contributed by atoms with Crippen LogP contribution in [0.3, 0.4) is 0 Å². The van der Waals surface area contributed by atoms with E-state index >= 15 is 0 Å². The largest absolute Gasteiger partial charge is 0.492 e. The van der Waals surface area contributed by atoms with E-state index in [9.17, 15) is 22.8 Å². The van der Waals surface area contributed by atoms with Gasteiger partial charge in [0.2, 0.25) is 0 Å². The third-order valence-electron chi connectivity index (χ3n) is 4.46. The van der Waals surface area contributed by atoms with E-state index in [0.717, 1.165) is 0 Å². The topological polar surface area (TPSA) is 76.7 Å². The molecule has 0 atom stereocenters. The van der Waals surface area contributed by atoms with E-state index in [1.54, 1.807) is 44.2 Å². The number of anilines is 2. The Morgan fingerprint density at radius 1 is 0.727 bits per heavy atom. The number of carbonyl (C=O) groups is 2. The van der Waals surface area contributed by atoms with Gasteiger partial charge in [0.25, 0.3) is 11.8 Å². The Morgan fingerprint density at radius 2 is 1.18 bits per heavy atom. The number of ether oxygens (including phenoxy) is 2. The molecule has 0 saturated carbocycles. The molecule has 6 nitrogen and oxygen atoms in total. The van der Waals surface area contributed by atoms with E-state index in [-0.39, 0.29) is 36.3 Å². The van der Waals surface area contributed by atoms with Crippen LogP contribution < -0.4 is 20.1 Å². The minimum atomic E-state index is -1.67. The molecule has 0 radical (unpaired) electrons. The number of hydrogen-bond acceptors (Lipinski definition) is 4. The molecule has 33 heavy (non-hydrogen) atoms. The highest BCUT2D eigenvalue weighted by atomic mass is 19.2. The summed E-state index contributed by atoms with van der Waals surface area (Å²) in [5, 5.41) is 5.23. The van der Waals surface area contributed by atoms with E-state index in [1.807, 2.05) is 0 Å². The summed E-state index contributed by atoms with van der Waals surface area (Å²) in [4.78, 5) is 25.2. The molecule has 0 aliphatic heterocycles. The van der Waals surface area contributed by atoms with Crippen molar-refractivity contribution in [1.29, 1.82) is 0 Å². The van der Waals surface area contributed by atoms with E-state index in [2.05, 4.69) is 10.6 Å². The van der Waals surface area contributed by atoms with Crippen molar-refractivity contribution >= 4 is 23.2 Å². The van der Waals surface area contributed by atoms with Crippen LogP contribution in [-0.4, -0.2) is 25.0 Å². The number of hydrogen-bond donors (Lipinski definition) is 2. The Kier molecular flexibility index (Phi) is 7.55. The SMILES string of the molecule is CCOc1cc(NC(=O)c2cc(F)c(F)c(F)c2)c(OCC)cc1NC(=O)c1ccccc1. The quantitative estimate of drug-likeness (QED) is 0.443. The van der Waals surface area contributed by atoms with E-state index < -0.39 is 28.9 Å². The minimum Gasteiger partial charge on any atom is -0.492 e. The second-order valence-corrected chi connectivity index (χ2v) is 6.74. The van der Waals surface area contributed by atoms with Gasteiger partial charge in [-0.25, -0.2) is 13.2 Å². The van der Waals surface area contributed by atoms with Crippen LogP contribution in [0.15, 0.2) is 54.6 Å². The molecule has 0 spiro atoms. The van der Waals surface area contributed by atoms with Gasteiger partial charge in [-0.3, -0.25) is 9.59 Å². The third-order valence-corrected chi connectivity index (χ3v) is 4.46. The molecule has 0 aromatic heterocycles. The molecular formula is C24H21F3N2O4. The zero-order valence-electron chi connectivity index (χ0n) is 17.9. The van der Waals surface area contributed by atoms with Crippen molar-refractivity contribution in [3.8, 4) is 11.5 Å². The molecule has 2 N–H and O–H groups in total. The Bertz CT molecular complexity index is 1150. The number of rotatable bonds is 8. The summed E-state index contributed by atoms with van der Waals surface area (Å²) in [5.41, 5.74) is 0.433. The van der Waals surface area contributed by atoms with Gasteiger partial charge in [0.15, 0.2) is 17.5 Å². The number of nitrogens with one attached hydrogen (secondary N) is 2. The molecule has 9 heteroatoms. The van der Waals surface area contributed by atoms with E-state index in [1.165, 1.54) is 12.1 Å². The van der Waals surface area contributed by atoms with Crippen LogP contribution in [0.2, 0.25) is 0 Å². The Balaban J connectivity index is 1.95. The second kappa shape index (κ2) is 10.5. The van der Waals surface area contributed by atoms with Crippen molar-refractivity contribution in [2.45, 2.75) is 13.8 Å². The van der Waals surface area contributed by atoms with Gasteiger partial charge >= 0.3 is 0 Å². The molecule has 0 heterocycles. The highest BCUT2D eigenvalue weighted by Gasteiger charge is 2.19. The molecule has 0 aliphatic rings. The maximum absolute atomic E-state index is 13.5. The third kappa shape index (κ3) is 5.62. The van der Waals surface area contributed by atoms with Crippen LogP contribution in [0.25, 0.3) is 0 Å². The molecule has 0 saturated heterocycles. The summed E-state index contributed by atoms with van der Waals surface area (Å²) in [6, 6.07) is 12.6. The summed E-state index contributed by atoms with van der Waals surface area (Å²) in [6.45, 7) is 3.93. The van der Waals surface area contributed by atoms with Crippen molar-refractivity contribution in [3.05, 3.63) is 83.2 Å². The first-order valence-electron chi connectivity index (χ1n) is 10.1. The van der Waals surface area contributed by atoms with Crippen LogP contribution >= 0.6 is 0 Å². The van der Waals surface area contributed by atoms with Crippen molar-refractivity contribution in [2.75, 3.05) is 23.8 Å². The molecule has 0 fully saturated rings. The molecule has 3 rings (SSSR count). The summed E-state index contributed by atoms with van der Waals surface area (Å²) in [7, 11) is 0. The van der Waals surface area contributed by atoms with Crippen LogP contribution in [0.5, 0.6) is 11.5 Å². The maximum Gasteiger partial charge on any atom is 0.255 e. The first-order valence-corrected chi connectivity index (χ1v) is 10.1. The fourth-order valence-corrected chi connectivity index (χ4v) is 2.97. The summed E-state index contributed by atoms with van der Waals surface area (Å²) >= 11 is 0. The first-order chi connectivity index (χ1) is 15.8. The molecule has 2 amide bonds. The van der Waals surface area contributed by atoms with Crippen molar-refractivity contribution in [2.24, 2.45) is 0 Å². The predicted molar refractivity (Wildman–Crippen MR) is 117 cm³/mol. The highest BCUT2D eigenvalue weighted by Crippen LogP contribution is 2.37. The highest BCUT2D eigenvalue weighted by molar-refractivity contribution is 6.07. The number of benzene rings is 3. The van der Waals surface area contributed by atoms with Gasteiger partial charge in [-0.05, 0) is 38.1 Å². The molecule has 0 aliphatic carbocycles. The Labute approximate surface area is 188 Å². The van der Waals surface area contributed by atoms with Crippen LogP contribution in [0.1, 0.15) is 34.6 Å². The first kappa shape index (κ1) is 23.6. The fraction of sp³-hybridized carbons (Fsp3) is 0.167. The summed E-state index contributed by atoms with van der Waals surface area (Å²) in [6.07, 6.45) is 0. The number of amides is 2. The fourth-order valence-electron chi connectivity index (χ4n) is 2.97. The summed E-state index contributed by atoms with van der Waals surface area (Å²) < 4.78 is 51.5. The van der Waals surface area contributed by atoms with Gasteiger partial charge in [0, 0.05) is 23.3 Å². The molecule has 172 valence electrons. The lowest BCUT2D eigenvalue weighted by Crippen LogP contribution is -2.16. The van der Waals surface area contributed by atoms with Gasteiger partial charge in [-0.15, -0.1) is 0 Å². The lowest BCUT2D eigenvalue weighted by Gasteiger charge is -2.18. The van der Waals surface area contributed by atoms with Gasteiger partial charge in [-0.2, -0.15) is 0 Å². The monoisotopic (exact) mass is 458 g/mol. The van der Waals surface area contributed by atoms with Crippen molar-refractivity contribution in [3.63, 3.8) is 0 Å². The number of halogens is 3. The summed E-state index contributed by atoms with van der Waals surface area (Å²) in [5.74, 6) is -5.50. The standard InChI is InChI=1S/C24H21F3N2O4/c1-3-32-20-13-19(29-24(31)15-10-16(25)22(27)17(26)11-15)21(33-4-2)12-18(20)28-23(30)14-8-6-5-7-9-14/h5-13H,3-4H2,1-2H3,(H,28,30)(H,29,31). The van der Waals surface area contributed by atoms with Gasteiger partial charge in [0.05, 0.1) is 24.6 Å². The van der Waals surface area contributed by atoms with Gasteiger partial charge in [-0.1, -0.05) is 18.2 Å². The zero-order chi connectivity index (χ0) is 24.0. The molecule has 3 aromatic rings. The predicted octanol–water partition coefficient (Wildman–Crippen LogP) is 5.41. The molecule has 0 unspecified atom stereocenters. The lowest BCUT2D eigenvalue weighted by molar-refractivity contribution is 0.101. The molecule has 3 aromatic carbocycles. The van der Waals surface area contributed by atoms with Crippen LogP contribution in [0.4, 0.5) is 24.5 Å². The maximum atomic E-state index is 13.5. The average Bonchev–Trinajstić information content (AvgIpc) is 2.80. The van der Waals surface area contributed by atoms with Crippen molar-refractivity contribution < 1.29 is 32.2 Å². The van der Waals surface area contributed by atoms with Gasteiger partial charge < -0.3 is 20.1 Å². The minimum absolute atomic E-state index is 0.133. The van der Waals surface area contributed by atoms with E-state index in [4.69, 9.17) is 9.47 Å². The smallest absolute Gasteiger partial charge is 0.255 e. The van der Waals surface area contributed by atoms with E-state index in [0.29, 0.717) is 23.4 Å². The Hall–Kier alpha value is -4.01. The number of carbonyl (C=O) groups excluding carboxylic acids is 2. The molecular weight excluding hydrogens is 437 g/mol. The Morgan fingerprint density at radius 3 is 1.64 bits per heavy atom. The lowest BCUT2D eigenvalue weighted by atomic mass is 10.1. The van der Waals surface area contributed by atoms with Gasteiger partial charge in [0.1, 0.15) is 11.5 Å². The molecule has 0 bridgehead atoms. The normalized spacial score (nSPS) is 10.5. The average molecular weight is 458 g/mol. The van der Waals surface area contributed by atoms with Crippen molar-refractivity contribution in [1.82, 2.24) is 0 Å².